The second-order valence-corrected chi connectivity index (χ2v) is 8.96. The van der Waals surface area contributed by atoms with Crippen molar-refractivity contribution in [1.82, 2.24) is 24.0 Å². The first-order valence-electron chi connectivity index (χ1n) is 10.3. The molecule has 2 aromatic heterocycles. The number of likely N-dealkylation sites (N-methyl/N-ethyl adjacent to an activating group) is 1. The van der Waals surface area contributed by atoms with Crippen LogP contribution in [0.1, 0.15) is 24.5 Å². The fourth-order valence-electron chi connectivity index (χ4n) is 3.22. The maximum Gasteiger partial charge on any atom is 0.346 e. The van der Waals surface area contributed by atoms with Crippen LogP contribution in [-0.4, -0.2) is 67.6 Å². The number of fused-ring (bicyclic) bond motifs is 1. The van der Waals surface area contributed by atoms with Gasteiger partial charge in [0.2, 0.25) is 0 Å². The second-order valence-electron chi connectivity index (χ2n) is 7.50. The fourth-order valence-corrected chi connectivity index (χ4v) is 4.16. The minimum Gasteiger partial charge on any atom is -0.609 e. The molecule has 0 fully saturated rings. The highest BCUT2D eigenvalue weighted by Crippen LogP contribution is 2.21. The first kappa shape index (κ1) is 23.8. The van der Waals surface area contributed by atoms with E-state index in [1.165, 1.54) is 16.6 Å². The number of ether oxygens (including phenoxy) is 1. The molecular weight excluding hydrogens is 432 g/mol. The fraction of sp³-hybridized carbons (Fsp3) is 0.429. The molecule has 1 atom stereocenters. The van der Waals surface area contributed by atoms with Gasteiger partial charge in [0.1, 0.15) is 11.3 Å². The number of nitrogens with two attached hydrogens (primary N) is 1. The Hall–Kier alpha value is -2.89. The van der Waals surface area contributed by atoms with Crippen LogP contribution in [0.25, 0.3) is 11.2 Å². The minimum absolute atomic E-state index is 0.0480. The van der Waals surface area contributed by atoms with Crippen molar-refractivity contribution in [3.05, 3.63) is 45.9 Å². The van der Waals surface area contributed by atoms with Crippen molar-refractivity contribution in [2.24, 2.45) is 0 Å². The number of carbonyl (C=O) groups excluding carboxylic acids is 1. The third-order valence-corrected chi connectivity index (χ3v) is 6.35. The Balaban J connectivity index is 2.20. The van der Waals surface area contributed by atoms with Crippen LogP contribution in [0.3, 0.4) is 0 Å². The van der Waals surface area contributed by atoms with E-state index < -0.39 is 22.9 Å². The number of imidazole rings is 1. The summed E-state index contributed by atoms with van der Waals surface area (Å²) in [7, 11) is 3.10. The predicted octanol–water partition coefficient (Wildman–Crippen LogP) is 1.60. The van der Waals surface area contributed by atoms with Gasteiger partial charge in [0.05, 0.1) is 13.2 Å². The largest absolute Gasteiger partial charge is 0.609 e. The zero-order chi connectivity index (χ0) is 23.4. The summed E-state index contributed by atoms with van der Waals surface area (Å²) in [6.07, 6.45) is 0.674. The maximum absolute atomic E-state index is 13.4. The van der Waals surface area contributed by atoms with Crippen LogP contribution < -0.4 is 11.4 Å². The lowest BCUT2D eigenvalue weighted by atomic mass is 10.1. The van der Waals surface area contributed by atoms with Crippen LogP contribution in [0.2, 0.25) is 0 Å². The van der Waals surface area contributed by atoms with Crippen molar-refractivity contribution >= 4 is 34.2 Å². The molecule has 0 radical (unpaired) electrons. The molecule has 0 aliphatic rings. The lowest BCUT2D eigenvalue weighted by Gasteiger charge is -2.16. The van der Waals surface area contributed by atoms with Gasteiger partial charge in [-0.1, -0.05) is 36.8 Å². The normalized spacial score (nSPS) is 12.3. The molecule has 0 unspecified atom stereocenters. The van der Waals surface area contributed by atoms with Crippen LogP contribution in [0.15, 0.2) is 34.2 Å². The molecule has 2 heterocycles. The number of benzene rings is 1. The molecule has 0 saturated carbocycles. The zero-order valence-corrected chi connectivity index (χ0v) is 19.5. The number of aryl methyl sites for hydroxylation is 1. The number of hydrogen-bond acceptors (Lipinski definition) is 7. The van der Waals surface area contributed by atoms with Crippen LogP contribution in [0, 0.1) is 6.92 Å². The van der Waals surface area contributed by atoms with Gasteiger partial charge in [-0.2, -0.15) is 9.97 Å². The lowest BCUT2D eigenvalue weighted by molar-refractivity contribution is 0.160. The Kier molecular flexibility index (Phi) is 7.54. The van der Waals surface area contributed by atoms with Crippen LogP contribution >= 0.6 is 0 Å². The average Bonchev–Trinajstić information content (AvgIpc) is 3.05. The smallest absolute Gasteiger partial charge is 0.346 e. The molecule has 0 aliphatic carbocycles. The number of nitrogen functional groups attached to an aromatic ring is 1. The third kappa shape index (κ3) is 4.79. The molecule has 172 valence electrons. The summed E-state index contributed by atoms with van der Waals surface area (Å²) >= 11 is -1.47. The van der Waals surface area contributed by atoms with Gasteiger partial charge < -0.3 is 19.9 Å². The molecule has 11 heteroatoms. The third-order valence-electron chi connectivity index (χ3n) is 4.98. The van der Waals surface area contributed by atoms with Crippen molar-refractivity contribution in [2.45, 2.75) is 32.0 Å². The molecule has 1 aromatic carbocycles. The van der Waals surface area contributed by atoms with Crippen LogP contribution in [0.4, 0.5) is 10.6 Å². The number of amides is 1. The highest BCUT2D eigenvalue weighted by Gasteiger charge is 2.27. The number of nitrogens with zero attached hydrogens (tertiary/aromatic N) is 5. The standard InChI is InChI=1S/C21H28N6O4S/c1-5-12-32(30)19-23-17(22)16-18(24-19)26(13-15-8-6-14(2)7-9-15)21(29)27(16)20(28)25(3)10-11-31-4/h6-9H,5,10-13H2,1-4H3,(H2,22,23,24)/t32-/m0/s1. The Morgan fingerprint density at radius 2 is 1.97 bits per heavy atom. The van der Waals surface area contributed by atoms with Crippen molar-refractivity contribution in [2.75, 3.05) is 38.8 Å². The number of methoxy groups -OCH3 is 1. The summed E-state index contributed by atoms with van der Waals surface area (Å²) in [4.78, 5) is 36.4. The molecule has 0 saturated heterocycles. The highest BCUT2D eigenvalue weighted by molar-refractivity contribution is 7.91. The summed E-state index contributed by atoms with van der Waals surface area (Å²) in [5.74, 6) is 0.301. The molecule has 3 aromatic rings. The van der Waals surface area contributed by atoms with Gasteiger partial charge in [-0.05, 0) is 18.9 Å². The van der Waals surface area contributed by atoms with Gasteiger partial charge in [0, 0.05) is 31.9 Å². The van der Waals surface area contributed by atoms with E-state index in [4.69, 9.17) is 10.5 Å². The summed E-state index contributed by atoms with van der Waals surface area (Å²) in [6, 6.07) is 7.11. The topological polar surface area (TPSA) is 131 Å². The molecule has 0 bridgehead atoms. The predicted molar refractivity (Wildman–Crippen MR) is 123 cm³/mol. The monoisotopic (exact) mass is 460 g/mol. The molecule has 1 amide bonds. The first-order valence-corrected chi connectivity index (χ1v) is 11.6. The maximum atomic E-state index is 13.4. The van der Waals surface area contributed by atoms with E-state index in [0.29, 0.717) is 18.8 Å². The van der Waals surface area contributed by atoms with Crippen LogP contribution in [0.5, 0.6) is 0 Å². The van der Waals surface area contributed by atoms with Gasteiger partial charge in [-0.15, -0.1) is 0 Å². The molecule has 10 nitrogen and oxygen atoms in total. The number of carbonyl (C=O) groups is 1. The summed E-state index contributed by atoms with van der Waals surface area (Å²) < 4.78 is 19.9. The van der Waals surface area contributed by atoms with Gasteiger partial charge in [-0.25, -0.2) is 14.2 Å². The first-order chi connectivity index (χ1) is 15.3. The highest BCUT2D eigenvalue weighted by atomic mass is 32.2. The van der Waals surface area contributed by atoms with E-state index in [-0.39, 0.29) is 35.2 Å². The average molecular weight is 461 g/mol. The van der Waals surface area contributed by atoms with Crippen molar-refractivity contribution < 1.29 is 14.1 Å². The van der Waals surface area contributed by atoms with Crippen LogP contribution in [-0.2, 0) is 22.5 Å². The zero-order valence-electron chi connectivity index (χ0n) is 18.7. The van der Waals surface area contributed by atoms with E-state index in [0.717, 1.165) is 15.7 Å². The Morgan fingerprint density at radius 3 is 2.59 bits per heavy atom. The quantitative estimate of drug-likeness (QED) is 0.399. The Bertz CT molecular complexity index is 1160. The Labute approximate surface area is 189 Å². The molecule has 3 rings (SSSR count). The van der Waals surface area contributed by atoms with Gasteiger partial charge in [-0.3, -0.25) is 4.57 Å². The molecule has 2 N–H and O–H groups in total. The number of anilines is 1. The molecular formula is C21H28N6O4S. The van der Waals surface area contributed by atoms with Gasteiger partial charge >= 0.3 is 16.9 Å². The molecule has 32 heavy (non-hydrogen) atoms. The van der Waals surface area contributed by atoms with E-state index in [1.54, 1.807) is 7.05 Å². The van der Waals surface area contributed by atoms with Gasteiger partial charge in [0.15, 0.2) is 11.5 Å². The Morgan fingerprint density at radius 1 is 1.28 bits per heavy atom. The van der Waals surface area contributed by atoms with E-state index >= 15 is 0 Å². The van der Waals surface area contributed by atoms with Crippen molar-refractivity contribution in [3.8, 4) is 0 Å². The van der Waals surface area contributed by atoms with Crippen molar-refractivity contribution in [3.63, 3.8) is 0 Å². The summed E-state index contributed by atoms with van der Waals surface area (Å²) in [5.41, 5.74) is 7.80. The number of rotatable bonds is 8. The van der Waals surface area contributed by atoms with Gasteiger partial charge in [0.25, 0.3) is 0 Å². The SMILES string of the molecule is CCC[S@+]([O-])c1nc(N)c2c(n1)n(Cc1ccc(C)cc1)c(=O)n2C(=O)N(C)CCOC. The van der Waals surface area contributed by atoms with Crippen molar-refractivity contribution in [1.29, 1.82) is 0 Å². The minimum atomic E-state index is -1.47. The summed E-state index contributed by atoms with van der Waals surface area (Å²) in [6.45, 7) is 4.64. The lowest BCUT2D eigenvalue weighted by Crippen LogP contribution is -2.39. The van der Waals surface area contributed by atoms with E-state index in [2.05, 4.69) is 9.97 Å². The number of aromatic nitrogens is 4. The van der Waals surface area contributed by atoms with E-state index in [9.17, 15) is 14.1 Å². The van der Waals surface area contributed by atoms with E-state index in [1.807, 2.05) is 38.1 Å². The molecule has 0 aliphatic heterocycles. The molecule has 0 spiro atoms. The summed E-state index contributed by atoms with van der Waals surface area (Å²) in [5, 5.41) is 0.0480. The second kappa shape index (κ2) is 10.2. The number of hydrogen-bond donors (Lipinski definition) is 1.